The van der Waals surface area contributed by atoms with Crippen LogP contribution in [0.3, 0.4) is 0 Å². The molecule has 0 aliphatic carbocycles. The molecule has 0 heterocycles. The van der Waals surface area contributed by atoms with Gasteiger partial charge in [0.05, 0.1) is 12.5 Å². The highest BCUT2D eigenvalue weighted by molar-refractivity contribution is 5.76. The Morgan fingerprint density at radius 1 is 1.58 bits per heavy atom. The summed E-state index contributed by atoms with van der Waals surface area (Å²) >= 11 is 0. The molecule has 1 amide bonds. The van der Waals surface area contributed by atoms with Crippen molar-refractivity contribution in [3.8, 4) is 0 Å². The van der Waals surface area contributed by atoms with E-state index in [0.717, 1.165) is 0 Å². The molecule has 1 atom stereocenters. The smallest absolute Gasteiger partial charge is 0.307 e. The molecule has 0 aromatic heterocycles. The molecule has 5 heteroatoms. The van der Waals surface area contributed by atoms with Gasteiger partial charge in [0, 0.05) is 6.54 Å². The van der Waals surface area contributed by atoms with Gasteiger partial charge in [-0.15, -0.1) is 0 Å². The predicted molar refractivity (Wildman–Crippen MR) is 43.5 cm³/mol. The summed E-state index contributed by atoms with van der Waals surface area (Å²) in [4.78, 5) is 22.4. The zero-order chi connectivity index (χ0) is 9.72. The summed E-state index contributed by atoms with van der Waals surface area (Å²) in [5.41, 5.74) is 4.92. The van der Waals surface area contributed by atoms with Crippen LogP contribution in [0.2, 0.25) is 0 Å². The van der Waals surface area contributed by atoms with Crippen LogP contribution in [-0.4, -0.2) is 42.0 Å². The molecule has 3 N–H and O–H groups in total. The van der Waals surface area contributed by atoms with E-state index in [0.29, 0.717) is 6.54 Å². The van der Waals surface area contributed by atoms with Gasteiger partial charge in [0.1, 0.15) is 0 Å². The fourth-order valence-electron chi connectivity index (χ4n) is 0.876. The first kappa shape index (κ1) is 10.9. The third kappa shape index (κ3) is 4.68. The molecule has 0 aromatic carbocycles. The Hall–Kier alpha value is -1.10. The van der Waals surface area contributed by atoms with Crippen LogP contribution in [0.1, 0.15) is 6.92 Å². The van der Waals surface area contributed by atoms with Gasteiger partial charge >= 0.3 is 5.97 Å². The van der Waals surface area contributed by atoms with E-state index in [1.54, 1.807) is 18.9 Å². The number of carbonyl (C=O) groups is 2. The second-order valence-corrected chi connectivity index (χ2v) is 2.90. The number of carbonyl (C=O) groups excluding carboxylic acids is 1. The van der Waals surface area contributed by atoms with E-state index in [4.69, 9.17) is 10.8 Å². The Morgan fingerprint density at radius 3 is 2.42 bits per heavy atom. The summed E-state index contributed by atoms with van der Waals surface area (Å²) in [6.45, 7) is 2.01. The lowest BCUT2D eigenvalue weighted by Gasteiger charge is -2.16. The van der Waals surface area contributed by atoms with E-state index in [9.17, 15) is 9.59 Å². The SMILES string of the molecule is CC(CN(C)CC(N)=O)C(=O)O. The number of primary amides is 1. The van der Waals surface area contributed by atoms with Crippen LogP contribution < -0.4 is 5.73 Å². The Morgan fingerprint density at radius 2 is 2.08 bits per heavy atom. The number of hydrogen-bond acceptors (Lipinski definition) is 3. The van der Waals surface area contributed by atoms with Gasteiger partial charge in [-0.25, -0.2) is 0 Å². The van der Waals surface area contributed by atoms with E-state index in [2.05, 4.69) is 0 Å². The minimum Gasteiger partial charge on any atom is -0.481 e. The van der Waals surface area contributed by atoms with E-state index >= 15 is 0 Å². The van der Waals surface area contributed by atoms with E-state index in [-0.39, 0.29) is 6.54 Å². The van der Waals surface area contributed by atoms with Crippen LogP contribution in [-0.2, 0) is 9.59 Å². The van der Waals surface area contributed by atoms with Crippen LogP contribution >= 0.6 is 0 Å². The van der Waals surface area contributed by atoms with Crippen LogP contribution in [0.4, 0.5) is 0 Å². The minimum atomic E-state index is -0.869. The average molecular weight is 174 g/mol. The monoisotopic (exact) mass is 174 g/mol. The number of aliphatic carboxylic acids is 1. The van der Waals surface area contributed by atoms with Crippen LogP contribution in [0, 0.1) is 5.92 Å². The number of rotatable bonds is 5. The van der Waals surface area contributed by atoms with Gasteiger partial charge in [0.25, 0.3) is 0 Å². The van der Waals surface area contributed by atoms with E-state index < -0.39 is 17.8 Å². The molecule has 0 aliphatic rings. The zero-order valence-corrected chi connectivity index (χ0v) is 7.28. The van der Waals surface area contributed by atoms with Crippen molar-refractivity contribution >= 4 is 11.9 Å². The van der Waals surface area contributed by atoms with Crippen molar-refractivity contribution in [1.82, 2.24) is 4.90 Å². The molecule has 0 aliphatic heterocycles. The van der Waals surface area contributed by atoms with Gasteiger partial charge in [0.2, 0.25) is 5.91 Å². The molecule has 12 heavy (non-hydrogen) atoms. The summed E-state index contributed by atoms with van der Waals surface area (Å²) in [6.07, 6.45) is 0. The third-order valence-corrected chi connectivity index (χ3v) is 1.43. The molecular weight excluding hydrogens is 160 g/mol. The van der Waals surface area contributed by atoms with Crippen LogP contribution in [0.25, 0.3) is 0 Å². The molecule has 0 aromatic rings. The number of hydrogen-bond donors (Lipinski definition) is 2. The summed E-state index contributed by atoms with van der Waals surface area (Å²) in [5, 5.41) is 8.52. The van der Waals surface area contributed by atoms with Gasteiger partial charge in [-0.1, -0.05) is 6.92 Å². The van der Waals surface area contributed by atoms with E-state index in [1.165, 1.54) is 0 Å². The Kier molecular flexibility index (Phi) is 4.28. The molecule has 1 unspecified atom stereocenters. The number of likely N-dealkylation sites (N-methyl/N-ethyl adjacent to an activating group) is 1. The second-order valence-electron chi connectivity index (χ2n) is 2.90. The molecular formula is C7H14N2O3. The molecule has 0 saturated carbocycles. The maximum Gasteiger partial charge on any atom is 0.307 e. The first-order valence-electron chi connectivity index (χ1n) is 3.63. The largest absolute Gasteiger partial charge is 0.481 e. The average Bonchev–Trinajstić information content (AvgIpc) is 1.84. The van der Waals surface area contributed by atoms with Gasteiger partial charge in [-0.05, 0) is 7.05 Å². The van der Waals surface area contributed by atoms with Gasteiger partial charge in [0.15, 0.2) is 0 Å². The number of nitrogens with zero attached hydrogens (tertiary/aromatic N) is 1. The summed E-state index contributed by atoms with van der Waals surface area (Å²) in [5.74, 6) is -1.80. The summed E-state index contributed by atoms with van der Waals surface area (Å²) in [7, 11) is 1.66. The maximum atomic E-state index is 10.4. The number of carboxylic acids is 1. The molecule has 0 saturated heterocycles. The van der Waals surface area contributed by atoms with E-state index in [1.807, 2.05) is 0 Å². The van der Waals surface area contributed by atoms with Crippen LogP contribution in [0.5, 0.6) is 0 Å². The molecule has 70 valence electrons. The molecule has 0 fully saturated rings. The molecule has 5 nitrogen and oxygen atoms in total. The Balaban J connectivity index is 3.76. The molecule has 0 spiro atoms. The van der Waals surface area contributed by atoms with Crippen molar-refractivity contribution in [2.24, 2.45) is 11.7 Å². The van der Waals surface area contributed by atoms with Crippen molar-refractivity contribution in [3.63, 3.8) is 0 Å². The highest BCUT2D eigenvalue weighted by Gasteiger charge is 2.13. The minimum absolute atomic E-state index is 0.0949. The standard InChI is InChI=1S/C7H14N2O3/c1-5(7(11)12)3-9(2)4-6(8)10/h5H,3-4H2,1-2H3,(H2,8,10)(H,11,12). The zero-order valence-electron chi connectivity index (χ0n) is 7.28. The highest BCUT2D eigenvalue weighted by atomic mass is 16.4. The van der Waals surface area contributed by atoms with Crippen LogP contribution in [0.15, 0.2) is 0 Å². The first-order chi connectivity index (χ1) is 5.43. The normalized spacial score (nSPS) is 12.9. The van der Waals surface area contributed by atoms with Gasteiger partial charge in [-0.3, -0.25) is 14.5 Å². The highest BCUT2D eigenvalue weighted by Crippen LogP contribution is 1.96. The lowest BCUT2D eigenvalue weighted by molar-refractivity contribution is -0.142. The topological polar surface area (TPSA) is 83.6 Å². The van der Waals surface area contributed by atoms with Crippen molar-refractivity contribution in [2.45, 2.75) is 6.92 Å². The summed E-state index contributed by atoms with van der Waals surface area (Å²) < 4.78 is 0. The van der Waals surface area contributed by atoms with Crippen molar-refractivity contribution in [3.05, 3.63) is 0 Å². The van der Waals surface area contributed by atoms with Crippen molar-refractivity contribution in [1.29, 1.82) is 0 Å². The van der Waals surface area contributed by atoms with Crippen molar-refractivity contribution in [2.75, 3.05) is 20.1 Å². The molecule has 0 bridgehead atoms. The number of amides is 1. The Bertz CT molecular complexity index is 181. The van der Waals surface area contributed by atoms with Gasteiger partial charge in [-0.2, -0.15) is 0 Å². The number of nitrogens with two attached hydrogens (primary N) is 1. The fourth-order valence-corrected chi connectivity index (χ4v) is 0.876. The predicted octanol–water partition coefficient (Wildman–Crippen LogP) is -0.876. The third-order valence-electron chi connectivity index (χ3n) is 1.43. The Labute approximate surface area is 71.1 Å². The second kappa shape index (κ2) is 4.71. The molecule has 0 rings (SSSR count). The first-order valence-corrected chi connectivity index (χ1v) is 3.63. The maximum absolute atomic E-state index is 10.4. The lowest BCUT2D eigenvalue weighted by Crippen LogP contribution is -2.35. The lowest BCUT2D eigenvalue weighted by atomic mass is 10.2. The van der Waals surface area contributed by atoms with Crippen molar-refractivity contribution < 1.29 is 14.7 Å². The quantitative estimate of drug-likeness (QED) is 0.567. The number of carboxylic acid groups (broad SMARTS) is 1. The fraction of sp³-hybridized carbons (Fsp3) is 0.714. The van der Waals surface area contributed by atoms with Gasteiger partial charge < -0.3 is 10.8 Å². The molecule has 0 radical (unpaired) electrons. The summed E-state index contributed by atoms with van der Waals surface area (Å²) in [6, 6.07) is 0.